The van der Waals surface area contributed by atoms with Gasteiger partial charge in [0.2, 0.25) is 0 Å². The van der Waals surface area contributed by atoms with Crippen LogP contribution in [0, 0.1) is 0 Å². The van der Waals surface area contributed by atoms with Gasteiger partial charge in [0, 0.05) is 17.2 Å². The number of halogens is 2. The van der Waals surface area contributed by atoms with Crippen LogP contribution < -0.4 is 10.1 Å². The van der Waals surface area contributed by atoms with Crippen LogP contribution in [0.4, 0.5) is 0 Å². The molecule has 0 aliphatic rings. The minimum atomic E-state index is -0.247. The molecule has 1 amide bonds. The summed E-state index contributed by atoms with van der Waals surface area (Å²) in [5.74, 6) is 0.567. The van der Waals surface area contributed by atoms with Crippen molar-refractivity contribution >= 4 is 33.4 Å². The Morgan fingerprint density at radius 2 is 2.19 bits per heavy atom. The van der Waals surface area contributed by atoms with Crippen molar-refractivity contribution in [2.24, 2.45) is 0 Å². The van der Waals surface area contributed by atoms with E-state index in [2.05, 4.69) is 26.2 Å². The molecule has 0 unspecified atom stereocenters. The van der Waals surface area contributed by atoms with E-state index in [1.54, 1.807) is 19.4 Å². The molecule has 0 saturated heterocycles. The average Bonchev–Trinajstić information content (AvgIpc) is 2.50. The molecule has 0 radical (unpaired) electrons. The highest BCUT2D eigenvalue weighted by Crippen LogP contribution is 2.19. The van der Waals surface area contributed by atoms with Crippen LogP contribution >= 0.6 is 27.5 Å². The second-order valence-corrected chi connectivity index (χ2v) is 5.58. The van der Waals surface area contributed by atoms with E-state index in [0.29, 0.717) is 23.0 Å². The van der Waals surface area contributed by atoms with Gasteiger partial charge in [-0.15, -0.1) is 0 Å². The molecule has 0 saturated carbocycles. The van der Waals surface area contributed by atoms with Gasteiger partial charge in [0.15, 0.2) is 0 Å². The van der Waals surface area contributed by atoms with Gasteiger partial charge in [-0.1, -0.05) is 29.8 Å². The van der Waals surface area contributed by atoms with E-state index in [0.717, 1.165) is 11.3 Å². The molecule has 0 fully saturated rings. The number of aromatic nitrogens is 1. The molecule has 2 rings (SSSR count). The number of hydrogen-bond acceptors (Lipinski definition) is 3. The van der Waals surface area contributed by atoms with E-state index in [1.165, 1.54) is 0 Å². The SMILES string of the molecule is COc1ccccc1CCNC(=O)c1cc(Br)cnc1Cl. The predicted octanol–water partition coefficient (Wildman–Crippen LogP) is 3.48. The number of rotatable bonds is 5. The van der Waals surface area contributed by atoms with Crippen molar-refractivity contribution in [2.45, 2.75) is 6.42 Å². The van der Waals surface area contributed by atoms with E-state index in [1.807, 2.05) is 24.3 Å². The maximum Gasteiger partial charge on any atom is 0.254 e. The molecule has 110 valence electrons. The number of amides is 1. The highest BCUT2D eigenvalue weighted by molar-refractivity contribution is 9.10. The summed E-state index contributed by atoms with van der Waals surface area (Å²) in [6.07, 6.45) is 2.22. The molecule has 2 aromatic rings. The molecule has 21 heavy (non-hydrogen) atoms. The topological polar surface area (TPSA) is 51.2 Å². The third-order valence-electron chi connectivity index (χ3n) is 2.92. The van der Waals surface area contributed by atoms with Gasteiger partial charge in [-0.05, 0) is 40.0 Å². The monoisotopic (exact) mass is 368 g/mol. The maximum atomic E-state index is 12.1. The Balaban J connectivity index is 1.97. The number of pyridine rings is 1. The zero-order chi connectivity index (χ0) is 15.2. The lowest BCUT2D eigenvalue weighted by atomic mass is 10.1. The number of ether oxygens (including phenoxy) is 1. The van der Waals surface area contributed by atoms with Gasteiger partial charge in [-0.25, -0.2) is 4.98 Å². The first-order chi connectivity index (χ1) is 10.1. The van der Waals surface area contributed by atoms with Crippen molar-refractivity contribution in [3.63, 3.8) is 0 Å². The zero-order valence-corrected chi connectivity index (χ0v) is 13.7. The van der Waals surface area contributed by atoms with Crippen LogP contribution in [-0.4, -0.2) is 24.5 Å². The number of para-hydroxylation sites is 1. The van der Waals surface area contributed by atoms with Gasteiger partial charge < -0.3 is 10.1 Å². The smallest absolute Gasteiger partial charge is 0.254 e. The molecule has 0 atom stereocenters. The molecule has 1 aromatic carbocycles. The third-order valence-corrected chi connectivity index (χ3v) is 3.66. The highest BCUT2D eigenvalue weighted by atomic mass is 79.9. The van der Waals surface area contributed by atoms with Gasteiger partial charge in [0.1, 0.15) is 10.9 Å². The average molecular weight is 370 g/mol. The fraction of sp³-hybridized carbons (Fsp3) is 0.200. The normalized spacial score (nSPS) is 10.2. The van der Waals surface area contributed by atoms with Crippen molar-refractivity contribution in [3.05, 3.63) is 57.3 Å². The van der Waals surface area contributed by atoms with Crippen LogP contribution in [0.3, 0.4) is 0 Å². The molecular formula is C15H14BrClN2O2. The number of hydrogen-bond donors (Lipinski definition) is 1. The van der Waals surface area contributed by atoms with Crippen molar-refractivity contribution in [1.29, 1.82) is 0 Å². The second-order valence-electron chi connectivity index (χ2n) is 4.31. The summed E-state index contributed by atoms with van der Waals surface area (Å²) in [6, 6.07) is 9.36. The van der Waals surface area contributed by atoms with Crippen LogP contribution in [-0.2, 0) is 6.42 Å². The van der Waals surface area contributed by atoms with Crippen LogP contribution in [0.15, 0.2) is 41.0 Å². The van der Waals surface area contributed by atoms with Gasteiger partial charge >= 0.3 is 0 Å². The zero-order valence-electron chi connectivity index (χ0n) is 11.4. The quantitative estimate of drug-likeness (QED) is 0.821. The lowest BCUT2D eigenvalue weighted by molar-refractivity contribution is 0.0954. The van der Waals surface area contributed by atoms with Crippen molar-refractivity contribution in [1.82, 2.24) is 10.3 Å². The van der Waals surface area contributed by atoms with E-state index < -0.39 is 0 Å². The van der Waals surface area contributed by atoms with E-state index in [-0.39, 0.29) is 11.1 Å². The number of nitrogens with one attached hydrogen (secondary N) is 1. The Bertz CT molecular complexity index is 649. The first-order valence-electron chi connectivity index (χ1n) is 6.33. The molecule has 6 heteroatoms. The maximum absolute atomic E-state index is 12.1. The van der Waals surface area contributed by atoms with Crippen molar-refractivity contribution < 1.29 is 9.53 Å². The molecule has 1 aromatic heterocycles. The Hall–Kier alpha value is -1.59. The molecule has 1 N–H and O–H groups in total. The van der Waals surface area contributed by atoms with Crippen molar-refractivity contribution in [3.8, 4) is 5.75 Å². The van der Waals surface area contributed by atoms with Crippen molar-refractivity contribution in [2.75, 3.05) is 13.7 Å². The summed E-state index contributed by atoms with van der Waals surface area (Å²) in [6.45, 7) is 0.488. The number of carbonyl (C=O) groups excluding carboxylic acids is 1. The first kappa shape index (κ1) is 15.8. The number of methoxy groups -OCH3 is 1. The molecule has 0 aliphatic carbocycles. The Morgan fingerprint density at radius 3 is 2.95 bits per heavy atom. The lowest BCUT2D eigenvalue weighted by Gasteiger charge is -2.09. The molecule has 0 bridgehead atoms. The summed E-state index contributed by atoms with van der Waals surface area (Å²) < 4.78 is 5.98. The van der Waals surface area contributed by atoms with Gasteiger partial charge in [-0.2, -0.15) is 0 Å². The van der Waals surface area contributed by atoms with Gasteiger partial charge in [0.05, 0.1) is 12.7 Å². The van der Waals surface area contributed by atoms with Crippen LogP contribution in [0.1, 0.15) is 15.9 Å². The predicted molar refractivity (Wildman–Crippen MR) is 86.0 cm³/mol. The third kappa shape index (κ3) is 4.19. The summed E-state index contributed by atoms with van der Waals surface area (Å²) in [4.78, 5) is 16.0. The fourth-order valence-electron chi connectivity index (χ4n) is 1.90. The van der Waals surface area contributed by atoms with Gasteiger partial charge in [-0.3, -0.25) is 4.79 Å². The Labute approximate surface area is 136 Å². The molecule has 4 nitrogen and oxygen atoms in total. The molecule has 1 heterocycles. The first-order valence-corrected chi connectivity index (χ1v) is 7.50. The molecule has 0 spiro atoms. The minimum absolute atomic E-state index is 0.188. The highest BCUT2D eigenvalue weighted by Gasteiger charge is 2.12. The number of nitrogens with zero attached hydrogens (tertiary/aromatic N) is 1. The standard InChI is InChI=1S/C15H14BrClN2O2/c1-21-13-5-3-2-4-10(13)6-7-18-15(20)12-8-11(16)9-19-14(12)17/h2-5,8-9H,6-7H2,1H3,(H,18,20). The molecule has 0 aliphatic heterocycles. The summed E-state index contributed by atoms with van der Waals surface area (Å²) in [7, 11) is 1.63. The van der Waals surface area contributed by atoms with E-state index >= 15 is 0 Å². The minimum Gasteiger partial charge on any atom is -0.496 e. The Morgan fingerprint density at radius 1 is 1.43 bits per heavy atom. The summed E-state index contributed by atoms with van der Waals surface area (Å²) >= 11 is 9.19. The lowest BCUT2D eigenvalue weighted by Crippen LogP contribution is -2.26. The van der Waals surface area contributed by atoms with Crippen LogP contribution in [0.2, 0.25) is 5.15 Å². The van der Waals surface area contributed by atoms with E-state index in [9.17, 15) is 4.79 Å². The van der Waals surface area contributed by atoms with E-state index in [4.69, 9.17) is 16.3 Å². The Kier molecular flexibility index (Phi) is 5.59. The number of benzene rings is 1. The largest absolute Gasteiger partial charge is 0.496 e. The second kappa shape index (κ2) is 7.43. The number of carbonyl (C=O) groups is 1. The van der Waals surface area contributed by atoms with Crippen LogP contribution in [0.25, 0.3) is 0 Å². The summed E-state index contributed by atoms with van der Waals surface area (Å²) in [5, 5.41) is 3.01. The summed E-state index contributed by atoms with van der Waals surface area (Å²) in [5.41, 5.74) is 1.39. The van der Waals surface area contributed by atoms with Crippen LogP contribution in [0.5, 0.6) is 5.75 Å². The fourth-order valence-corrected chi connectivity index (χ4v) is 2.42. The van der Waals surface area contributed by atoms with Gasteiger partial charge in [0.25, 0.3) is 5.91 Å². The molecular weight excluding hydrogens is 356 g/mol.